The molecule has 12 nitrogen and oxygen atoms in total. The zero-order chi connectivity index (χ0) is 37.5. The first-order valence-electron chi connectivity index (χ1n) is 16.7. The fourth-order valence-electron chi connectivity index (χ4n) is 4.56. The molecule has 0 fully saturated rings. The number of nitrogens with one attached hydrogen (secondary N) is 4. The first kappa shape index (κ1) is 43.6. The minimum Gasteiger partial charge on any atom is -0.490 e. The first-order chi connectivity index (χ1) is 23.7. The van der Waals surface area contributed by atoms with Gasteiger partial charge in [-0.15, -0.1) is 5.92 Å². The predicted octanol–water partition coefficient (Wildman–Crippen LogP) is 4.41. The lowest BCUT2D eigenvalue weighted by atomic mass is 9.86. The van der Waals surface area contributed by atoms with Crippen LogP contribution in [-0.4, -0.2) is 74.0 Å². The van der Waals surface area contributed by atoms with E-state index in [0.29, 0.717) is 50.9 Å². The summed E-state index contributed by atoms with van der Waals surface area (Å²) < 4.78 is 15.9. The van der Waals surface area contributed by atoms with Gasteiger partial charge in [0.1, 0.15) is 18.2 Å². The van der Waals surface area contributed by atoms with Gasteiger partial charge < -0.3 is 35.5 Å². The molecule has 1 heterocycles. The van der Waals surface area contributed by atoms with Crippen molar-refractivity contribution in [3.8, 4) is 11.8 Å². The molecule has 1 aliphatic rings. The van der Waals surface area contributed by atoms with E-state index in [4.69, 9.17) is 14.2 Å². The second kappa shape index (κ2) is 23.8. The largest absolute Gasteiger partial charge is 0.490 e. The van der Waals surface area contributed by atoms with E-state index < -0.39 is 41.4 Å². The van der Waals surface area contributed by atoms with E-state index in [9.17, 15) is 24.0 Å². The maximum atomic E-state index is 13.1. The molecule has 4 atom stereocenters. The van der Waals surface area contributed by atoms with Crippen molar-refractivity contribution in [2.24, 2.45) is 11.3 Å². The van der Waals surface area contributed by atoms with Gasteiger partial charge in [0.2, 0.25) is 17.7 Å². The average molecular weight is 715 g/mol. The number of alkyl carbamates (subject to hydrolysis) is 1. The minimum absolute atomic E-state index is 0.0284. The Morgan fingerprint density at radius 3 is 2.48 bits per heavy atom. The van der Waals surface area contributed by atoms with Crippen molar-refractivity contribution in [1.82, 2.24) is 21.3 Å². The Hall–Kier alpha value is -4.44. The van der Waals surface area contributed by atoms with E-state index >= 15 is 0 Å². The molecule has 0 aromatic heterocycles. The van der Waals surface area contributed by atoms with Crippen LogP contribution in [-0.2, 0) is 33.4 Å². The highest BCUT2D eigenvalue weighted by Gasteiger charge is 2.32. The van der Waals surface area contributed by atoms with Gasteiger partial charge in [-0.05, 0) is 43.7 Å². The van der Waals surface area contributed by atoms with Crippen molar-refractivity contribution < 1.29 is 38.2 Å². The summed E-state index contributed by atoms with van der Waals surface area (Å²) >= 11 is 4.02. The maximum Gasteiger partial charge on any atom is 0.407 e. The van der Waals surface area contributed by atoms with Crippen LogP contribution in [0.15, 0.2) is 60.1 Å². The number of rotatable bonds is 19. The third kappa shape index (κ3) is 18.4. The summed E-state index contributed by atoms with van der Waals surface area (Å²) in [6, 6.07) is -0.840. The number of cyclic esters (lactones) is 1. The van der Waals surface area contributed by atoms with E-state index in [1.165, 1.54) is 19.4 Å². The lowest BCUT2D eigenvalue weighted by Gasteiger charge is -2.29. The summed E-state index contributed by atoms with van der Waals surface area (Å²) in [4.78, 5) is 61.5. The number of methoxy groups -OCH3 is 1. The highest BCUT2D eigenvalue weighted by atomic mass is 32.1. The van der Waals surface area contributed by atoms with Gasteiger partial charge in [-0.1, -0.05) is 69.6 Å². The highest BCUT2D eigenvalue weighted by Crippen LogP contribution is 2.23. The van der Waals surface area contributed by atoms with Crippen LogP contribution in [0.3, 0.4) is 0 Å². The molecule has 0 spiro atoms. The van der Waals surface area contributed by atoms with Gasteiger partial charge >= 0.3 is 12.1 Å². The normalized spacial score (nSPS) is 16.8. The summed E-state index contributed by atoms with van der Waals surface area (Å²) in [7, 11) is 1.43. The van der Waals surface area contributed by atoms with Crippen molar-refractivity contribution in [3.05, 3.63) is 60.1 Å². The number of hydrogen-bond donors (Lipinski definition) is 5. The van der Waals surface area contributed by atoms with E-state index in [0.717, 1.165) is 5.57 Å². The molecule has 276 valence electrons. The molecule has 0 aromatic carbocycles. The number of amides is 4. The summed E-state index contributed by atoms with van der Waals surface area (Å²) in [5.74, 6) is 4.95. The molecular formula is C37H54N4O8S. The van der Waals surface area contributed by atoms with Crippen molar-refractivity contribution in [2.75, 3.05) is 26.0 Å². The summed E-state index contributed by atoms with van der Waals surface area (Å²) in [5.41, 5.74) is 0.334. The van der Waals surface area contributed by atoms with Gasteiger partial charge in [0.25, 0.3) is 0 Å². The van der Waals surface area contributed by atoms with Crippen LogP contribution in [0.5, 0.6) is 0 Å². The average Bonchev–Trinajstić information content (AvgIpc) is 3.05. The van der Waals surface area contributed by atoms with E-state index in [-0.39, 0.29) is 23.7 Å². The Bertz CT molecular complexity index is 1370. The molecule has 0 bridgehead atoms. The Balaban J connectivity index is 2.64. The molecule has 1 aliphatic heterocycles. The maximum absolute atomic E-state index is 13.1. The third-order valence-corrected chi connectivity index (χ3v) is 7.49. The van der Waals surface area contributed by atoms with E-state index in [2.05, 4.69) is 45.7 Å². The Morgan fingerprint density at radius 2 is 1.84 bits per heavy atom. The van der Waals surface area contributed by atoms with Crippen molar-refractivity contribution in [2.45, 2.75) is 91.9 Å². The quantitative estimate of drug-likeness (QED) is 0.0329. The first-order valence-corrected chi connectivity index (χ1v) is 17.3. The van der Waals surface area contributed by atoms with Crippen molar-refractivity contribution >= 4 is 42.4 Å². The van der Waals surface area contributed by atoms with Gasteiger partial charge in [0.05, 0.1) is 7.11 Å². The Labute approximate surface area is 302 Å². The number of esters is 1. The molecule has 1 rings (SSSR count). The standard InChI is InChI=1S/C37H54N4O8S/c1-8-9-15-28(48-36(46)40-23-13-22-38-31(42)20-24-50)16-12-21-39-34(44)33(37(4,5)6)41-32(43)17-11-10-14-26(2)25-27(3)29-18-19-30(47-7)35(45)49-29/h10-12,14,17,19,21,25,27-29,33,50H,13,15-16,18,20,22-24H2,1-7H3,(H,38,42)(H,39,44)(H,40,46)(H,41,43)/b14-10-,17-11-,21-12-,26-25+/t27-,28?,29?,33?/m0/s1. The van der Waals surface area contributed by atoms with Crippen molar-refractivity contribution in [3.63, 3.8) is 0 Å². The zero-order valence-electron chi connectivity index (χ0n) is 30.3. The number of carbonyl (C=O) groups excluding carboxylic acids is 5. The second-order valence-corrected chi connectivity index (χ2v) is 13.1. The molecule has 3 unspecified atom stereocenters. The third-order valence-electron chi connectivity index (χ3n) is 7.27. The van der Waals surface area contributed by atoms with Gasteiger partial charge in [0, 0.05) is 50.8 Å². The summed E-state index contributed by atoms with van der Waals surface area (Å²) in [5, 5.41) is 10.9. The second-order valence-electron chi connectivity index (χ2n) is 12.7. The molecule has 4 N–H and O–H groups in total. The van der Waals surface area contributed by atoms with Crippen LogP contribution in [0.25, 0.3) is 0 Å². The summed E-state index contributed by atoms with van der Waals surface area (Å²) in [6.45, 7) is 11.9. The number of allylic oxidation sites excluding steroid dienone is 4. The molecule has 0 aromatic rings. The number of ether oxygens (including phenoxy) is 3. The Morgan fingerprint density at radius 1 is 1.14 bits per heavy atom. The lowest BCUT2D eigenvalue weighted by molar-refractivity contribution is -0.151. The molecule has 0 saturated carbocycles. The molecule has 0 radical (unpaired) electrons. The van der Waals surface area contributed by atoms with Crippen LogP contribution < -0.4 is 21.3 Å². The zero-order valence-corrected chi connectivity index (χ0v) is 31.2. The molecule has 0 saturated heterocycles. The van der Waals surface area contributed by atoms with Crippen LogP contribution in [0.2, 0.25) is 0 Å². The fraction of sp³-hybridized carbons (Fsp3) is 0.541. The summed E-state index contributed by atoms with van der Waals surface area (Å²) in [6.07, 6.45) is 13.9. The molecule has 0 aliphatic carbocycles. The fourth-order valence-corrected chi connectivity index (χ4v) is 4.76. The number of thiol groups is 1. The number of hydrogen-bond acceptors (Lipinski definition) is 9. The molecule has 50 heavy (non-hydrogen) atoms. The van der Waals surface area contributed by atoms with E-state index in [1.54, 1.807) is 31.2 Å². The lowest BCUT2D eigenvalue weighted by Crippen LogP contribution is -2.52. The van der Waals surface area contributed by atoms with E-state index in [1.807, 2.05) is 46.8 Å². The molecular weight excluding hydrogens is 660 g/mol. The van der Waals surface area contributed by atoms with Gasteiger partial charge in [0.15, 0.2) is 5.76 Å². The monoisotopic (exact) mass is 714 g/mol. The topological polar surface area (TPSA) is 161 Å². The van der Waals surface area contributed by atoms with Gasteiger partial charge in [-0.25, -0.2) is 9.59 Å². The van der Waals surface area contributed by atoms with Crippen molar-refractivity contribution in [1.29, 1.82) is 0 Å². The van der Waals surface area contributed by atoms with Crippen LogP contribution in [0.1, 0.15) is 73.6 Å². The number of carbonyl (C=O) groups is 5. The van der Waals surface area contributed by atoms with Gasteiger partial charge in [-0.2, -0.15) is 12.6 Å². The minimum atomic E-state index is -0.840. The van der Waals surface area contributed by atoms with Crippen LogP contribution in [0, 0.1) is 23.2 Å². The molecule has 13 heteroatoms. The predicted molar refractivity (Wildman–Crippen MR) is 197 cm³/mol. The Kier molecular flexibility index (Phi) is 20.8. The smallest absolute Gasteiger partial charge is 0.407 e. The highest BCUT2D eigenvalue weighted by molar-refractivity contribution is 7.80. The molecule has 4 amide bonds. The van der Waals surface area contributed by atoms with Crippen LogP contribution >= 0.6 is 12.6 Å². The SMILES string of the molecule is CC#CCC(C/C=C\NC(=O)C(NC(=O)\C=C/C=C\C(C)=C\[C@H](C)C1CC=C(OC)C(=O)O1)C(C)(C)C)OC(=O)NCCCNC(=O)CCS. The van der Waals surface area contributed by atoms with Crippen LogP contribution in [0.4, 0.5) is 4.79 Å². The van der Waals surface area contributed by atoms with Gasteiger partial charge in [-0.3, -0.25) is 14.4 Å².